The van der Waals surface area contributed by atoms with Crippen molar-refractivity contribution in [1.29, 1.82) is 0 Å². The summed E-state index contributed by atoms with van der Waals surface area (Å²) in [7, 11) is 0. The van der Waals surface area contributed by atoms with E-state index < -0.39 is 0 Å². The van der Waals surface area contributed by atoms with Gasteiger partial charge in [0.05, 0.1) is 18.0 Å². The molecule has 0 aliphatic carbocycles. The number of amides is 1. The molecule has 1 amide bonds. The highest BCUT2D eigenvalue weighted by atomic mass is 19.1. The van der Waals surface area contributed by atoms with Crippen LogP contribution >= 0.6 is 0 Å². The zero-order valence-electron chi connectivity index (χ0n) is 12.5. The number of hydrogen-bond donors (Lipinski definition) is 3. The molecule has 0 aliphatic rings. The Bertz CT molecular complexity index is 820. The number of halogens is 1. The first-order valence-electron chi connectivity index (χ1n) is 7.10. The van der Waals surface area contributed by atoms with Gasteiger partial charge in [-0.05, 0) is 37.5 Å². The summed E-state index contributed by atoms with van der Waals surface area (Å²) >= 11 is 0. The van der Waals surface area contributed by atoms with Crippen molar-refractivity contribution in [3.8, 4) is 0 Å². The van der Waals surface area contributed by atoms with Crippen LogP contribution < -0.4 is 5.32 Å². The van der Waals surface area contributed by atoms with Gasteiger partial charge in [-0.15, -0.1) is 0 Å². The number of rotatable bonds is 4. The number of benzene rings is 1. The number of fused-ring (bicyclic) bond motifs is 1. The summed E-state index contributed by atoms with van der Waals surface area (Å²) in [6, 6.07) is 3.25. The molecule has 0 radical (unpaired) electrons. The third-order valence-electron chi connectivity index (χ3n) is 3.83. The predicted octanol–water partition coefficient (Wildman–Crippen LogP) is 2.62. The molecule has 0 atom stereocenters. The van der Waals surface area contributed by atoms with Gasteiger partial charge in [-0.2, -0.15) is 0 Å². The smallest absolute Gasteiger partial charge is 0.269 e. The molecule has 2 heterocycles. The largest absolute Gasteiger partial charge is 0.356 e. The van der Waals surface area contributed by atoms with Gasteiger partial charge >= 0.3 is 0 Å². The van der Waals surface area contributed by atoms with Gasteiger partial charge in [-0.3, -0.25) is 4.79 Å². The third kappa shape index (κ3) is 2.47. The standard InChI is InChI=1S/C16H17FN4O/c1-9-3-4-12(17)15-14(9)11(10(2)21-15)5-6-19-16(22)13-7-18-8-20-13/h3-4,7-8,21H,5-6H2,1-2H3,(H,18,20)(H,19,22). The van der Waals surface area contributed by atoms with Gasteiger partial charge in [0.2, 0.25) is 0 Å². The molecule has 3 N–H and O–H groups in total. The summed E-state index contributed by atoms with van der Waals surface area (Å²) in [5, 5.41) is 3.74. The molecule has 0 saturated heterocycles. The molecule has 0 unspecified atom stereocenters. The first-order chi connectivity index (χ1) is 10.6. The van der Waals surface area contributed by atoms with E-state index in [1.54, 1.807) is 6.07 Å². The molecule has 0 spiro atoms. The minimum Gasteiger partial charge on any atom is -0.356 e. The topological polar surface area (TPSA) is 73.6 Å². The van der Waals surface area contributed by atoms with Crippen LogP contribution in [0.4, 0.5) is 4.39 Å². The second kappa shape index (κ2) is 5.63. The Morgan fingerprint density at radius 2 is 2.18 bits per heavy atom. The average Bonchev–Trinajstić information content (AvgIpc) is 3.12. The summed E-state index contributed by atoms with van der Waals surface area (Å²) in [4.78, 5) is 21.5. The molecule has 5 nitrogen and oxygen atoms in total. The molecular formula is C16H17FN4O. The fourth-order valence-electron chi connectivity index (χ4n) is 2.73. The van der Waals surface area contributed by atoms with Crippen LogP contribution in [0.15, 0.2) is 24.7 Å². The average molecular weight is 300 g/mol. The lowest BCUT2D eigenvalue weighted by Crippen LogP contribution is -2.26. The third-order valence-corrected chi connectivity index (χ3v) is 3.83. The maximum atomic E-state index is 13.9. The van der Waals surface area contributed by atoms with Crippen LogP contribution in [0.1, 0.15) is 27.3 Å². The number of carbonyl (C=O) groups is 1. The fourth-order valence-corrected chi connectivity index (χ4v) is 2.73. The van der Waals surface area contributed by atoms with Crippen LogP contribution in [0.5, 0.6) is 0 Å². The molecule has 2 aromatic heterocycles. The van der Waals surface area contributed by atoms with E-state index in [4.69, 9.17) is 0 Å². The number of carbonyl (C=O) groups excluding carboxylic acids is 1. The lowest BCUT2D eigenvalue weighted by atomic mass is 10.0. The molecule has 1 aromatic carbocycles. The summed E-state index contributed by atoms with van der Waals surface area (Å²) in [6.45, 7) is 4.36. The second-order valence-electron chi connectivity index (χ2n) is 5.31. The number of hydrogen-bond acceptors (Lipinski definition) is 2. The van der Waals surface area contributed by atoms with E-state index >= 15 is 0 Å². The van der Waals surface area contributed by atoms with E-state index in [0.29, 0.717) is 24.2 Å². The molecule has 3 aromatic rings. The highest BCUT2D eigenvalue weighted by Crippen LogP contribution is 2.27. The van der Waals surface area contributed by atoms with E-state index in [2.05, 4.69) is 20.3 Å². The van der Waals surface area contributed by atoms with Crippen molar-refractivity contribution in [2.75, 3.05) is 6.54 Å². The Kier molecular flexibility index (Phi) is 3.66. The molecule has 0 saturated carbocycles. The minimum absolute atomic E-state index is 0.196. The second-order valence-corrected chi connectivity index (χ2v) is 5.31. The Morgan fingerprint density at radius 3 is 2.91 bits per heavy atom. The van der Waals surface area contributed by atoms with E-state index in [1.807, 2.05) is 13.8 Å². The summed E-state index contributed by atoms with van der Waals surface area (Å²) in [5.41, 5.74) is 3.96. The molecule has 0 aliphatic heterocycles. The van der Waals surface area contributed by atoms with Crippen molar-refractivity contribution in [3.63, 3.8) is 0 Å². The van der Waals surface area contributed by atoms with Crippen molar-refractivity contribution in [2.45, 2.75) is 20.3 Å². The van der Waals surface area contributed by atoms with Gasteiger partial charge in [0.15, 0.2) is 0 Å². The van der Waals surface area contributed by atoms with Crippen molar-refractivity contribution < 1.29 is 9.18 Å². The van der Waals surface area contributed by atoms with Crippen molar-refractivity contribution in [2.24, 2.45) is 0 Å². The lowest BCUT2D eigenvalue weighted by molar-refractivity contribution is 0.0949. The van der Waals surface area contributed by atoms with Crippen LogP contribution in [0, 0.1) is 19.7 Å². The maximum absolute atomic E-state index is 13.9. The lowest BCUT2D eigenvalue weighted by Gasteiger charge is -2.06. The fraction of sp³-hybridized carbons (Fsp3) is 0.250. The maximum Gasteiger partial charge on any atom is 0.269 e. The van der Waals surface area contributed by atoms with E-state index in [0.717, 1.165) is 22.2 Å². The number of nitrogens with zero attached hydrogens (tertiary/aromatic N) is 1. The summed E-state index contributed by atoms with van der Waals surface area (Å²) in [5.74, 6) is -0.450. The quantitative estimate of drug-likeness (QED) is 0.693. The molecule has 22 heavy (non-hydrogen) atoms. The van der Waals surface area contributed by atoms with Gasteiger partial charge in [-0.25, -0.2) is 9.37 Å². The molecule has 3 rings (SSSR count). The monoisotopic (exact) mass is 300 g/mol. The Labute approximate surface area is 127 Å². The number of aromatic nitrogens is 3. The number of aromatic amines is 2. The Hall–Kier alpha value is -2.63. The summed E-state index contributed by atoms with van der Waals surface area (Å²) in [6.07, 6.45) is 3.58. The van der Waals surface area contributed by atoms with Gasteiger partial charge < -0.3 is 15.3 Å². The molecule has 6 heteroatoms. The molecule has 0 fully saturated rings. The number of aryl methyl sites for hydroxylation is 2. The van der Waals surface area contributed by atoms with Crippen molar-refractivity contribution >= 4 is 16.8 Å². The van der Waals surface area contributed by atoms with Crippen LogP contribution in [0.3, 0.4) is 0 Å². The van der Waals surface area contributed by atoms with Crippen LogP contribution in [0.2, 0.25) is 0 Å². The van der Waals surface area contributed by atoms with Gasteiger partial charge in [-0.1, -0.05) is 6.07 Å². The van der Waals surface area contributed by atoms with E-state index in [1.165, 1.54) is 18.6 Å². The minimum atomic E-state index is -0.253. The predicted molar refractivity (Wildman–Crippen MR) is 82.4 cm³/mol. The van der Waals surface area contributed by atoms with E-state index in [9.17, 15) is 9.18 Å². The first-order valence-corrected chi connectivity index (χ1v) is 7.10. The number of nitrogens with one attached hydrogen (secondary N) is 3. The number of H-pyrrole nitrogens is 2. The molecular weight excluding hydrogens is 283 g/mol. The van der Waals surface area contributed by atoms with Crippen molar-refractivity contribution in [1.82, 2.24) is 20.3 Å². The van der Waals surface area contributed by atoms with Gasteiger partial charge in [0.1, 0.15) is 11.5 Å². The first kappa shape index (κ1) is 14.3. The zero-order chi connectivity index (χ0) is 15.7. The van der Waals surface area contributed by atoms with Crippen LogP contribution in [-0.2, 0) is 6.42 Å². The molecule has 0 bridgehead atoms. The normalized spacial score (nSPS) is 11.0. The number of imidazole rings is 1. The SMILES string of the molecule is Cc1[nH]c2c(F)ccc(C)c2c1CCNC(=O)c1cnc[nH]1. The molecule has 114 valence electrons. The highest BCUT2D eigenvalue weighted by molar-refractivity contribution is 5.92. The van der Waals surface area contributed by atoms with Gasteiger partial charge in [0.25, 0.3) is 5.91 Å². The van der Waals surface area contributed by atoms with Crippen LogP contribution in [0.25, 0.3) is 10.9 Å². The Balaban J connectivity index is 1.78. The van der Waals surface area contributed by atoms with Crippen LogP contribution in [-0.4, -0.2) is 27.4 Å². The zero-order valence-corrected chi connectivity index (χ0v) is 12.5. The van der Waals surface area contributed by atoms with Crippen molar-refractivity contribution in [3.05, 3.63) is 53.0 Å². The summed E-state index contributed by atoms with van der Waals surface area (Å²) < 4.78 is 13.9. The van der Waals surface area contributed by atoms with E-state index in [-0.39, 0.29) is 11.7 Å². The highest BCUT2D eigenvalue weighted by Gasteiger charge is 2.14. The van der Waals surface area contributed by atoms with Gasteiger partial charge in [0, 0.05) is 17.6 Å². The Morgan fingerprint density at radius 1 is 1.36 bits per heavy atom.